The fourth-order valence-corrected chi connectivity index (χ4v) is 3.99. The molecule has 2 aliphatic carbocycles. The number of ether oxygens (including phenoxy) is 1. The zero-order valence-corrected chi connectivity index (χ0v) is 12.0. The highest BCUT2D eigenvalue weighted by molar-refractivity contribution is 5.72. The summed E-state index contributed by atoms with van der Waals surface area (Å²) in [5, 5.41) is 0. The average Bonchev–Trinajstić information content (AvgIpc) is 2.47. The van der Waals surface area contributed by atoms with Crippen molar-refractivity contribution in [3.05, 3.63) is 35.1 Å². The Bertz CT molecular complexity index is 516. The van der Waals surface area contributed by atoms with Gasteiger partial charge in [-0.3, -0.25) is 4.79 Å². The van der Waals surface area contributed by atoms with Gasteiger partial charge in [0.2, 0.25) is 0 Å². The van der Waals surface area contributed by atoms with Gasteiger partial charge in [0.15, 0.2) is 0 Å². The molecule has 1 aromatic carbocycles. The summed E-state index contributed by atoms with van der Waals surface area (Å²) in [4.78, 5) is 11.6. The molecule has 108 valence electrons. The van der Waals surface area contributed by atoms with E-state index in [2.05, 4.69) is 6.07 Å². The van der Waals surface area contributed by atoms with E-state index < -0.39 is 0 Å². The summed E-state index contributed by atoms with van der Waals surface area (Å²) >= 11 is 0. The van der Waals surface area contributed by atoms with Gasteiger partial charge in [0.1, 0.15) is 5.82 Å². The molecule has 1 spiro atoms. The Kier molecular flexibility index (Phi) is 3.53. The van der Waals surface area contributed by atoms with Crippen LogP contribution < -0.4 is 0 Å². The average molecular weight is 276 g/mol. The molecule has 20 heavy (non-hydrogen) atoms. The standard InChI is InChI=1S/C17H21FO2/c1-20-16(19)12-5-8-17(9-6-12)10-7-14-13(11-17)3-2-4-15(14)18/h2-4,12H,5-11H2,1H3. The van der Waals surface area contributed by atoms with Crippen LogP contribution in [0, 0.1) is 17.2 Å². The predicted octanol–water partition coefficient (Wildman–Crippen LogP) is 3.66. The number of hydrogen-bond donors (Lipinski definition) is 0. The number of rotatable bonds is 1. The Hall–Kier alpha value is -1.38. The molecule has 0 atom stereocenters. The molecule has 2 nitrogen and oxygen atoms in total. The topological polar surface area (TPSA) is 26.3 Å². The van der Waals surface area contributed by atoms with Crippen molar-refractivity contribution < 1.29 is 13.9 Å². The molecule has 0 N–H and O–H groups in total. The van der Waals surface area contributed by atoms with Crippen molar-refractivity contribution in [3.63, 3.8) is 0 Å². The molecule has 0 aromatic heterocycles. The largest absolute Gasteiger partial charge is 0.469 e. The second-order valence-corrected chi connectivity index (χ2v) is 6.35. The van der Waals surface area contributed by atoms with Gasteiger partial charge in [0, 0.05) is 0 Å². The smallest absolute Gasteiger partial charge is 0.308 e. The van der Waals surface area contributed by atoms with Gasteiger partial charge in [-0.1, -0.05) is 12.1 Å². The van der Waals surface area contributed by atoms with Crippen molar-refractivity contribution >= 4 is 5.97 Å². The van der Waals surface area contributed by atoms with E-state index in [-0.39, 0.29) is 23.1 Å². The van der Waals surface area contributed by atoms with Crippen LogP contribution in [0.5, 0.6) is 0 Å². The van der Waals surface area contributed by atoms with E-state index in [1.165, 1.54) is 12.7 Å². The molecule has 0 aliphatic heterocycles. The summed E-state index contributed by atoms with van der Waals surface area (Å²) in [7, 11) is 1.46. The van der Waals surface area contributed by atoms with Crippen LogP contribution in [-0.2, 0) is 22.4 Å². The lowest BCUT2D eigenvalue weighted by Crippen LogP contribution is -2.35. The molecule has 1 aromatic rings. The molecule has 0 bridgehead atoms. The zero-order valence-electron chi connectivity index (χ0n) is 12.0. The first-order valence-electron chi connectivity index (χ1n) is 7.48. The summed E-state index contributed by atoms with van der Waals surface area (Å²) in [6.07, 6.45) is 6.80. The molecule has 0 unspecified atom stereocenters. The number of halogens is 1. The molecule has 3 heteroatoms. The maximum atomic E-state index is 13.8. The van der Waals surface area contributed by atoms with E-state index in [9.17, 15) is 9.18 Å². The predicted molar refractivity (Wildman–Crippen MR) is 74.8 cm³/mol. The first-order valence-corrected chi connectivity index (χ1v) is 7.48. The van der Waals surface area contributed by atoms with Crippen LogP contribution in [0.1, 0.15) is 43.2 Å². The number of methoxy groups -OCH3 is 1. The van der Waals surface area contributed by atoms with Crippen molar-refractivity contribution in [2.75, 3.05) is 7.11 Å². The van der Waals surface area contributed by atoms with Gasteiger partial charge >= 0.3 is 5.97 Å². The molecular weight excluding hydrogens is 255 g/mol. The molecular formula is C17H21FO2. The van der Waals surface area contributed by atoms with Crippen LogP contribution in [0.4, 0.5) is 4.39 Å². The van der Waals surface area contributed by atoms with Crippen LogP contribution in [0.3, 0.4) is 0 Å². The van der Waals surface area contributed by atoms with Crippen LogP contribution in [0.25, 0.3) is 0 Å². The molecule has 0 radical (unpaired) electrons. The molecule has 0 heterocycles. The van der Waals surface area contributed by atoms with Crippen LogP contribution >= 0.6 is 0 Å². The second-order valence-electron chi connectivity index (χ2n) is 6.35. The quantitative estimate of drug-likeness (QED) is 0.732. The minimum Gasteiger partial charge on any atom is -0.469 e. The van der Waals surface area contributed by atoms with Crippen LogP contribution in [0.2, 0.25) is 0 Å². The number of hydrogen-bond acceptors (Lipinski definition) is 2. The van der Waals surface area contributed by atoms with Gasteiger partial charge in [-0.05, 0) is 67.6 Å². The van der Waals surface area contributed by atoms with Gasteiger partial charge < -0.3 is 4.74 Å². The summed E-state index contributed by atoms with van der Waals surface area (Å²) in [5.74, 6) is -0.0535. The van der Waals surface area contributed by atoms with Crippen molar-refractivity contribution in [1.82, 2.24) is 0 Å². The van der Waals surface area contributed by atoms with Crippen molar-refractivity contribution in [2.24, 2.45) is 11.3 Å². The summed E-state index contributed by atoms with van der Waals surface area (Å²) < 4.78 is 18.6. The highest BCUT2D eigenvalue weighted by Gasteiger charge is 2.40. The Morgan fingerprint density at radius 2 is 2.05 bits per heavy atom. The Morgan fingerprint density at radius 1 is 1.30 bits per heavy atom. The third-order valence-electron chi connectivity index (χ3n) is 5.27. The lowest BCUT2D eigenvalue weighted by atomic mass is 9.62. The lowest BCUT2D eigenvalue weighted by molar-refractivity contribution is -0.147. The Morgan fingerprint density at radius 3 is 2.75 bits per heavy atom. The number of esters is 1. The minimum absolute atomic E-state index is 0.0550. The van der Waals surface area contributed by atoms with E-state index >= 15 is 0 Å². The molecule has 0 saturated heterocycles. The minimum atomic E-state index is -0.0675. The normalized spacial score (nSPS) is 29.0. The van der Waals surface area contributed by atoms with Crippen molar-refractivity contribution in [1.29, 1.82) is 0 Å². The maximum Gasteiger partial charge on any atom is 0.308 e. The third kappa shape index (κ3) is 2.34. The number of carbonyl (C=O) groups is 1. The summed E-state index contributed by atoms with van der Waals surface area (Å²) in [6, 6.07) is 5.43. The van der Waals surface area contributed by atoms with Gasteiger partial charge in [-0.2, -0.15) is 0 Å². The molecule has 3 rings (SSSR count). The summed E-state index contributed by atoms with van der Waals surface area (Å²) in [6.45, 7) is 0. The van der Waals surface area contributed by atoms with Gasteiger partial charge in [-0.15, -0.1) is 0 Å². The fourth-order valence-electron chi connectivity index (χ4n) is 3.99. The lowest BCUT2D eigenvalue weighted by Gasteiger charge is -2.43. The SMILES string of the molecule is COC(=O)C1CCC2(CCc3c(F)cccc3C2)CC1. The van der Waals surface area contributed by atoms with Gasteiger partial charge in [0.05, 0.1) is 13.0 Å². The van der Waals surface area contributed by atoms with E-state index in [1.807, 2.05) is 6.07 Å². The highest BCUT2D eigenvalue weighted by atomic mass is 19.1. The van der Waals surface area contributed by atoms with Crippen LogP contribution in [0.15, 0.2) is 18.2 Å². The highest BCUT2D eigenvalue weighted by Crippen LogP contribution is 2.48. The van der Waals surface area contributed by atoms with Gasteiger partial charge in [0.25, 0.3) is 0 Å². The maximum absolute atomic E-state index is 13.8. The van der Waals surface area contributed by atoms with E-state index in [0.29, 0.717) is 0 Å². The third-order valence-corrected chi connectivity index (χ3v) is 5.27. The van der Waals surface area contributed by atoms with Gasteiger partial charge in [-0.25, -0.2) is 4.39 Å². The first kappa shape index (κ1) is 13.6. The molecule has 2 aliphatic rings. The summed E-state index contributed by atoms with van der Waals surface area (Å²) in [5.41, 5.74) is 2.37. The number of carbonyl (C=O) groups excluding carboxylic acids is 1. The number of fused-ring (bicyclic) bond motifs is 1. The van der Waals surface area contributed by atoms with Crippen molar-refractivity contribution in [2.45, 2.75) is 44.9 Å². The Balaban J connectivity index is 1.73. The van der Waals surface area contributed by atoms with E-state index in [0.717, 1.165) is 50.5 Å². The van der Waals surface area contributed by atoms with Crippen molar-refractivity contribution in [3.8, 4) is 0 Å². The number of benzene rings is 1. The first-order chi connectivity index (χ1) is 9.63. The molecule has 1 fully saturated rings. The van der Waals surface area contributed by atoms with E-state index in [1.54, 1.807) is 6.07 Å². The van der Waals surface area contributed by atoms with E-state index in [4.69, 9.17) is 4.74 Å². The Labute approximate surface area is 119 Å². The van der Waals surface area contributed by atoms with Crippen LogP contribution in [-0.4, -0.2) is 13.1 Å². The zero-order chi connectivity index (χ0) is 14.2. The fraction of sp³-hybridized carbons (Fsp3) is 0.588. The monoisotopic (exact) mass is 276 g/mol. The molecule has 1 saturated carbocycles. The second kappa shape index (κ2) is 5.19. The molecule has 0 amide bonds.